The van der Waals surface area contributed by atoms with Crippen LogP contribution in [-0.2, 0) is 11.2 Å². The summed E-state index contributed by atoms with van der Waals surface area (Å²) in [6, 6.07) is 3.31. The zero-order valence-corrected chi connectivity index (χ0v) is 17.9. The maximum atomic E-state index is 12.1. The molecule has 2 saturated carbocycles. The van der Waals surface area contributed by atoms with E-state index in [4.69, 9.17) is 9.47 Å². The lowest BCUT2D eigenvalue weighted by atomic mass is 9.46. The fourth-order valence-corrected chi connectivity index (χ4v) is 5.87. The number of benzene rings is 1. The van der Waals surface area contributed by atoms with Crippen LogP contribution in [0.4, 0.5) is 0 Å². The Bertz CT molecular complexity index is 783. The van der Waals surface area contributed by atoms with Gasteiger partial charge >= 0.3 is 5.97 Å². The Kier molecular flexibility index (Phi) is 5.53. The second-order valence-electron chi connectivity index (χ2n) is 9.27. The van der Waals surface area contributed by atoms with E-state index in [1.54, 1.807) is 12.1 Å². The van der Waals surface area contributed by atoms with Gasteiger partial charge in [0.05, 0.1) is 19.8 Å². The Morgan fingerprint density at radius 2 is 2.00 bits per heavy atom. The molecule has 0 radical (unpaired) electrons. The van der Waals surface area contributed by atoms with Gasteiger partial charge in [0.25, 0.3) is 0 Å². The Morgan fingerprint density at radius 1 is 1.29 bits per heavy atom. The third-order valence-corrected chi connectivity index (χ3v) is 7.93. The minimum atomic E-state index is -0.419. The number of allylic oxidation sites excluding steroid dienone is 1. The van der Waals surface area contributed by atoms with Crippen molar-refractivity contribution in [3.63, 3.8) is 0 Å². The maximum absolute atomic E-state index is 12.1. The largest absolute Gasteiger partial charge is 0.504 e. The standard InChI is InChI=1S/C24H34O4/c1-15-8-7-9-20-23(15,3)11-10-16(2)24(20,4)14-18-12-17(22(26)28-6)13-19(27-5)21(18)25/h12-13,16,20,25H,1,7-11,14H2,2-6H3/t16-,20+,23+,24+/m1/s1. The summed E-state index contributed by atoms with van der Waals surface area (Å²) in [6.07, 6.45) is 6.52. The first-order valence-electron chi connectivity index (χ1n) is 10.3. The molecule has 0 unspecified atom stereocenters. The Morgan fingerprint density at radius 3 is 2.64 bits per heavy atom. The molecule has 4 nitrogen and oxygen atoms in total. The molecule has 2 aliphatic carbocycles. The highest BCUT2D eigenvalue weighted by molar-refractivity contribution is 5.90. The van der Waals surface area contributed by atoms with Crippen LogP contribution in [0.2, 0.25) is 0 Å². The number of carbonyl (C=O) groups excluding carboxylic acids is 1. The molecule has 1 N–H and O–H groups in total. The SMILES string of the molecule is C=C1CCC[C@@H]2[C@@](C)(Cc3cc(C(=O)OC)cc(OC)c3O)[C@H](C)CC[C@@]12C. The molecule has 4 heteroatoms. The zero-order valence-electron chi connectivity index (χ0n) is 17.9. The molecule has 154 valence electrons. The number of esters is 1. The van der Waals surface area contributed by atoms with Gasteiger partial charge in [-0.15, -0.1) is 0 Å². The van der Waals surface area contributed by atoms with Gasteiger partial charge in [0, 0.05) is 0 Å². The van der Waals surface area contributed by atoms with Crippen molar-refractivity contribution in [1.82, 2.24) is 0 Å². The topological polar surface area (TPSA) is 55.8 Å². The van der Waals surface area contributed by atoms with Gasteiger partial charge in [-0.3, -0.25) is 0 Å². The minimum Gasteiger partial charge on any atom is -0.504 e. The zero-order chi connectivity index (χ0) is 20.7. The first kappa shape index (κ1) is 20.8. The molecule has 1 aromatic carbocycles. The predicted molar refractivity (Wildman–Crippen MR) is 111 cm³/mol. The summed E-state index contributed by atoms with van der Waals surface area (Å²) in [5, 5.41) is 10.8. The van der Waals surface area contributed by atoms with Gasteiger partial charge in [-0.2, -0.15) is 0 Å². The lowest BCUT2D eigenvalue weighted by Crippen LogP contribution is -2.51. The van der Waals surface area contributed by atoms with Crippen LogP contribution >= 0.6 is 0 Å². The van der Waals surface area contributed by atoms with Gasteiger partial charge in [0.15, 0.2) is 11.5 Å². The van der Waals surface area contributed by atoms with Crippen molar-refractivity contribution < 1.29 is 19.4 Å². The lowest BCUT2D eigenvalue weighted by Gasteiger charge is -2.59. The van der Waals surface area contributed by atoms with Crippen molar-refractivity contribution in [3.05, 3.63) is 35.4 Å². The quantitative estimate of drug-likeness (QED) is 0.546. The molecule has 0 saturated heterocycles. The number of aromatic hydroxyl groups is 1. The first-order chi connectivity index (χ1) is 13.2. The minimum absolute atomic E-state index is 0.00753. The molecule has 0 amide bonds. The van der Waals surface area contributed by atoms with Crippen molar-refractivity contribution in [3.8, 4) is 11.5 Å². The predicted octanol–water partition coefficient (Wildman–Crippen LogP) is 5.53. The number of methoxy groups -OCH3 is 2. The molecule has 4 atom stereocenters. The van der Waals surface area contributed by atoms with Crippen LogP contribution in [0.1, 0.15) is 68.8 Å². The van der Waals surface area contributed by atoms with Crippen LogP contribution < -0.4 is 4.74 Å². The van der Waals surface area contributed by atoms with Crippen LogP contribution in [0.3, 0.4) is 0 Å². The summed E-state index contributed by atoms with van der Waals surface area (Å²) in [7, 11) is 2.87. The van der Waals surface area contributed by atoms with Gasteiger partial charge in [-0.25, -0.2) is 4.79 Å². The van der Waals surface area contributed by atoms with Gasteiger partial charge in [-0.05, 0) is 78.9 Å². The van der Waals surface area contributed by atoms with Crippen molar-refractivity contribution in [2.75, 3.05) is 14.2 Å². The van der Waals surface area contributed by atoms with E-state index in [-0.39, 0.29) is 16.6 Å². The molecule has 0 bridgehead atoms. The summed E-state index contributed by atoms with van der Waals surface area (Å²) in [5.74, 6) is 1.06. The maximum Gasteiger partial charge on any atom is 0.337 e. The van der Waals surface area contributed by atoms with Crippen LogP contribution in [0.15, 0.2) is 24.3 Å². The van der Waals surface area contributed by atoms with E-state index in [1.807, 2.05) is 0 Å². The number of rotatable bonds is 4. The van der Waals surface area contributed by atoms with Crippen molar-refractivity contribution in [2.24, 2.45) is 22.7 Å². The van der Waals surface area contributed by atoms with Crippen molar-refractivity contribution >= 4 is 5.97 Å². The number of ether oxygens (including phenoxy) is 2. The molecule has 3 rings (SSSR count). The van der Waals surface area contributed by atoms with Gasteiger partial charge in [0.1, 0.15) is 0 Å². The van der Waals surface area contributed by atoms with Crippen LogP contribution in [0.5, 0.6) is 11.5 Å². The van der Waals surface area contributed by atoms with Gasteiger partial charge in [-0.1, -0.05) is 32.9 Å². The van der Waals surface area contributed by atoms with Gasteiger partial charge in [0.2, 0.25) is 0 Å². The van der Waals surface area contributed by atoms with E-state index in [9.17, 15) is 9.90 Å². The smallest absolute Gasteiger partial charge is 0.337 e. The number of hydrogen-bond acceptors (Lipinski definition) is 4. The summed E-state index contributed by atoms with van der Waals surface area (Å²) in [6.45, 7) is 11.5. The molecule has 28 heavy (non-hydrogen) atoms. The van der Waals surface area contributed by atoms with E-state index in [0.717, 1.165) is 18.4 Å². The monoisotopic (exact) mass is 386 g/mol. The average Bonchev–Trinajstić information content (AvgIpc) is 2.68. The average molecular weight is 387 g/mol. The van der Waals surface area contributed by atoms with Crippen molar-refractivity contribution in [1.29, 1.82) is 0 Å². The second kappa shape index (κ2) is 7.46. The highest BCUT2D eigenvalue weighted by atomic mass is 16.5. The van der Waals surface area contributed by atoms with Crippen LogP contribution in [-0.4, -0.2) is 25.3 Å². The number of hydrogen-bond donors (Lipinski definition) is 1. The Balaban J connectivity index is 2.05. The van der Waals surface area contributed by atoms with Crippen LogP contribution in [0, 0.1) is 22.7 Å². The van der Waals surface area contributed by atoms with Crippen molar-refractivity contribution in [2.45, 2.75) is 59.3 Å². The summed E-state index contributed by atoms with van der Waals surface area (Å²) >= 11 is 0. The molecule has 0 aromatic heterocycles. The normalized spacial score (nSPS) is 32.5. The molecule has 1 aromatic rings. The van der Waals surface area contributed by atoms with E-state index in [0.29, 0.717) is 29.6 Å². The molecular formula is C24H34O4. The first-order valence-corrected chi connectivity index (χ1v) is 10.3. The summed E-state index contributed by atoms with van der Waals surface area (Å²) in [5.41, 5.74) is 2.71. The highest BCUT2D eigenvalue weighted by Gasteiger charge is 2.54. The van der Waals surface area contributed by atoms with E-state index < -0.39 is 5.97 Å². The van der Waals surface area contributed by atoms with Crippen LogP contribution in [0.25, 0.3) is 0 Å². The number of phenolic OH excluding ortho intramolecular Hbond substituents is 1. The van der Waals surface area contributed by atoms with E-state index >= 15 is 0 Å². The van der Waals surface area contributed by atoms with E-state index in [1.165, 1.54) is 39.1 Å². The molecule has 0 aliphatic heterocycles. The molecular weight excluding hydrogens is 352 g/mol. The second-order valence-corrected chi connectivity index (χ2v) is 9.27. The number of fused-ring (bicyclic) bond motifs is 1. The third kappa shape index (κ3) is 3.21. The Labute approximate surface area is 168 Å². The van der Waals surface area contributed by atoms with E-state index in [2.05, 4.69) is 27.4 Å². The highest BCUT2D eigenvalue weighted by Crippen LogP contribution is 2.62. The molecule has 0 spiro atoms. The Hall–Kier alpha value is -1.97. The molecule has 2 fully saturated rings. The fraction of sp³-hybridized carbons (Fsp3) is 0.625. The summed E-state index contributed by atoms with van der Waals surface area (Å²) < 4.78 is 10.2. The molecule has 0 heterocycles. The van der Waals surface area contributed by atoms with Gasteiger partial charge < -0.3 is 14.6 Å². The number of carbonyl (C=O) groups is 1. The number of phenols is 1. The fourth-order valence-electron chi connectivity index (χ4n) is 5.87. The third-order valence-electron chi connectivity index (χ3n) is 7.93. The molecule has 2 aliphatic rings. The summed E-state index contributed by atoms with van der Waals surface area (Å²) in [4.78, 5) is 12.1. The lowest BCUT2D eigenvalue weighted by molar-refractivity contribution is -0.0491.